The molecule has 1 rings (SSSR count). The first kappa shape index (κ1) is 16.2. The van der Waals surface area contributed by atoms with Gasteiger partial charge in [-0.25, -0.2) is 8.42 Å². The van der Waals surface area contributed by atoms with Gasteiger partial charge in [0.15, 0.2) is 0 Å². The van der Waals surface area contributed by atoms with E-state index >= 15 is 0 Å². The highest BCUT2D eigenvalue weighted by molar-refractivity contribution is 7.89. The fourth-order valence-electron chi connectivity index (χ4n) is 1.41. The fraction of sp³-hybridized carbons (Fsp3) is 0.308. The van der Waals surface area contributed by atoms with E-state index in [0.29, 0.717) is 5.56 Å². The molecule has 0 aliphatic heterocycles. The van der Waals surface area contributed by atoms with Gasteiger partial charge in [-0.15, -0.1) is 0 Å². The van der Waals surface area contributed by atoms with Crippen molar-refractivity contribution in [3.63, 3.8) is 0 Å². The average Bonchev–Trinajstić information content (AvgIpc) is 2.44. The first-order valence-corrected chi connectivity index (χ1v) is 7.19. The molecule has 0 saturated carbocycles. The van der Waals surface area contributed by atoms with Gasteiger partial charge in [0, 0.05) is 5.56 Å². The van der Waals surface area contributed by atoms with Crippen LogP contribution in [-0.4, -0.2) is 39.3 Å². The summed E-state index contributed by atoms with van der Waals surface area (Å²) in [4.78, 5) is 11.2. The Morgan fingerprint density at radius 1 is 1.50 bits per heavy atom. The summed E-state index contributed by atoms with van der Waals surface area (Å²) in [7, 11) is -2.66. The van der Waals surface area contributed by atoms with Crippen LogP contribution < -0.4 is 4.72 Å². The second-order valence-corrected chi connectivity index (χ2v) is 5.57. The summed E-state index contributed by atoms with van der Waals surface area (Å²) in [6.45, 7) is 1.08. The van der Waals surface area contributed by atoms with Gasteiger partial charge in [0.05, 0.1) is 12.0 Å². The monoisotopic (exact) mass is 297 g/mol. The number of rotatable bonds is 4. The molecule has 0 amide bonds. The van der Waals surface area contributed by atoms with E-state index < -0.39 is 22.0 Å². The van der Waals surface area contributed by atoms with Crippen molar-refractivity contribution in [2.45, 2.75) is 17.9 Å². The zero-order chi connectivity index (χ0) is 15.2. The van der Waals surface area contributed by atoms with Crippen LogP contribution in [0.3, 0.4) is 0 Å². The number of hydrogen-bond donors (Lipinski definition) is 2. The number of carbonyl (C=O) groups excluding carboxylic acids is 1. The van der Waals surface area contributed by atoms with Crippen LogP contribution in [0.5, 0.6) is 0 Å². The molecule has 1 unspecified atom stereocenters. The van der Waals surface area contributed by atoms with Crippen LogP contribution in [0.15, 0.2) is 29.2 Å². The topological polar surface area (TPSA) is 92.7 Å². The van der Waals surface area contributed by atoms with Crippen molar-refractivity contribution < 1.29 is 23.1 Å². The predicted octanol–water partition coefficient (Wildman–Crippen LogP) is -0.130. The molecular weight excluding hydrogens is 282 g/mol. The van der Waals surface area contributed by atoms with E-state index in [2.05, 4.69) is 21.3 Å². The molecular formula is C13H15NO5S. The molecule has 7 heteroatoms. The Balaban J connectivity index is 3.01. The first-order valence-electron chi connectivity index (χ1n) is 5.70. The van der Waals surface area contributed by atoms with Crippen LogP contribution in [-0.2, 0) is 19.6 Å². The molecule has 1 atom stereocenters. The first-order chi connectivity index (χ1) is 9.40. The Morgan fingerprint density at radius 2 is 2.20 bits per heavy atom. The summed E-state index contributed by atoms with van der Waals surface area (Å²) < 4.78 is 30.8. The Morgan fingerprint density at radius 3 is 2.80 bits per heavy atom. The number of benzene rings is 1. The lowest BCUT2D eigenvalue weighted by Gasteiger charge is -2.12. The molecule has 0 aliphatic rings. The molecule has 0 aromatic heterocycles. The molecule has 0 spiro atoms. The Hall–Kier alpha value is -1.88. The summed E-state index contributed by atoms with van der Waals surface area (Å²) in [6.07, 6.45) is 0. The van der Waals surface area contributed by atoms with Crippen LogP contribution in [0.1, 0.15) is 12.5 Å². The molecule has 2 N–H and O–H groups in total. The van der Waals surface area contributed by atoms with E-state index in [9.17, 15) is 13.2 Å². The van der Waals surface area contributed by atoms with Gasteiger partial charge in [-0.1, -0.05) is 17.9 Å². The number of esters is 1. The number of nitrogens with one attached hydrogen (secondary N) is 1. The van der Waals surface area contributed by atoms with Crippen LogP contribution >= 0.6 is 0 Å². The lowest BCUT2D eigenvalue weighted by Crippen LogP contribution is -2.39. The van der Waals surface area contributed by atoms with Gasteiger partial charge in [0.25, 0.3) is 0 Å². The van der Waals surface area contributed by atoms with Crippen molar-refractivity contribution in [2.24, 2.45) is 0 Å². The summed E-state index contributed by atoms with van der Waals surface area (Å²) in [6, 6.07) is 4.90. The summed E-state index contributed by atoms with van der Waals surface area (Å²) in [5.74, 6) is 4.36. The molecule has 0 radical (unpaired) electrons. The summed E-state index contributed by atoms with van der Waals surface area (Å²) >= 11 is 0. The second kappa shape index (κ2) is 7.05. The Bertz CT molecular complexity index is 642. The number of sulfonamides is 1. The molecule has 0 fully saturated rings. The van der Waals surface area contributed by atoms with Gasteiger partial charge in [0.1, 0.15) is 12.6 Å². The van der Waals surface area contributed by atoms with E-state index in [4.69, 9.17) is 5.11 Å². The smallest absolute Gasteiger partial charge is 0.323 e. The molecule has 0 aliphatic carbocycles. The SMILES string of the molecule is COC(=O)C(C)NS(=O)(=O)c1cccc(C#CCO)c1. The van der Waals surface area contributed by atoms with Crippen molar-refractivity contribution in [3.8, 4) is 11.8 Å². The van der Waals surface area contributed by atoms with Crippen LogP contribution in [0.2, 0.25) is 0 Å². The highest BCUT2D eigenvalue weighted by Crippen LogP contribution is 2.11. The summed E-state index contributed by atoms with van der Waals surface area (Å²) in [5.41, 5.74) is 0.452. The van der Waals surface area contributed by atoms with Crippen molar-refractivity contribution >= 4 is 16.0 Å². The second-order valence-electron chi connectivity index (χ2n) is 3.85. The van der Waals surface area contributed by atoms with Crippen LogP contribution in [0, 0.1) is 11.8 Å². The van der Waals surface area contributed by atoms with Crippen LogP contribution in [0.4, 0.5) is 0 Å². The van der Waals surface area contributed by atoms with Crippen LogP contribution in [0.25, 0.3) is 0 Å². The fourth-order valence-corrected chi connectivity index (χ4v) is 2.65. The molecule has 6 nitrogen and oxygen atoms in total. The lowest BCUT2D eigenvalue weighted by atomic mass is 10.2. The quantitative estimate of drug-likeness (QED) is 0.596. The predicted molar refractivity (Wildman–Crippen MR) is 72.2 cm³/mol. The maximum Gasteiger partial charge on any atom is 0.323 e. The minimum absolute atomic E-state index is 0.0157. The molecule has 0 saturated heterocycles. The summed E-state index contributed by atoms with van der Waals surface area (Å²) in [5, 5.41) is 8.61. The molecule has 0 bridgehead atoms. The van der Waals surface area contributed by atoms with Gasteiger partial charge in [-0.05, 0) is 25.1 Å². The van der Waals surface area contributed by atoms with E-state index in [1.807, 2.05) is 0 Å². The molecule has 108 valence electrons. The van der Waals surface area contributed by atoms with E-state index in [1.54, 1.807) is 6.07 Å². The van der Waals surface area contributed by atoms with Gasteiger partial charge in [-0.2, -0.15) is 4.72 Å². The van der Waals surface area contributed by atoms with Crippen molar-refractivity contribution in [3.05, 3.63) is 29.8 Å². The van der Waals surface area contributed by atoms with Gasteiger partial charge >= 0.3 is 5.97 Å². The van der Waals surface area contributed by atoms with E-state index in [-0.39, 0.29) is 11.5 Å². The normalized spacial score (nSPS) is 12.2. The average molecular weight is 297 g/mol. The van der Waals surface area contributed by atoms with Crippen molar-refractivity contribution in [1.82, 2.24) is 4.72 Å². The van der Waals surface area contributed by atoms with Crippen molar-refractivity contribution in [1.29, 1.82) is 0 Å². The Kier molecular flexibility index (Phi) is 5.70. The molecule has 1 aromatic carbocycles. The van der Waals surface area contributed by atoms with E-state index in [1.165, 1.54) is 32.2 Å². The zero-order valence-electron chi connectivity index (χ0n) is 11.1. The zero-order valence-corrected chi connectivity index (χ0v) is 11.9. The number of aliphatic hydroxyl groups is 1. The highest BCUT2D eigenvalue weighted by atomic mass is 32.2. The molecule has 0 heterocycles. The number of carbonyl (C=O) groups is 1. The largest absolute Gasteiger partial charge is 0.468 e. The third-order valence-corrected chi connectivity index (χ3v) is 3.88. The lowest BCUT2D eigenvalue weighted by molar-refractivity contribution is -0.142. The number of methoxy groups -OCH3 is 1. The highest BCUT2D eigenvalue weighted by Gasteiger charge is 2.22. The number of ether oxygens (including phenoxy) is 1. The standard InChI is InChI=1S/C13H15NO5S/c1-10(13(16)19-2)14-20(17,18)12-7-3-5-11(9-12)6-4-8-15/h3,5,7,9-10,14-15H,8H2,1-2H3. The third-order valence-electron chi connectivity index (χ3n) is 2.34. The maximum atomic E-state index is 12.1. The number of hydrogen-bond acceptors (Lipinski definition) is 5. The maximum absolute atomic E-state index is 12.1. The van der Waals surface area contributed by atoms with Gasteiger partial charge in [0.2, 0.25) is 10.0 Å². The molecule has 1 aromatic rings. The minimum atomic E-state index is -3.84. The molecule has 20 heavy (non-hydrogen) atoms. The van der Waals surface area contributed by atoms with E-state index in [0.717, 1.165) is 0 Å². The van der Waals surface area contributed by atoms with Gasteiger partial charge in [-0.3, -0.25) is 4.79 Å². The Labute approximate surface area is 117 Å². The minimum Gasteiger partial charge on any atom is -0.468 e. The van der Waals surface area contributed by atoms with Crippen molar-refractivity contribution in [2.75, 3.05) is 13.7 Å². The van der Waals surface area contributed by atoms with Gasteiger partial charge < -0.3 is 9.84 Å². The third kappa shape index (κ3) is 4.35. The number of aliphatic hydroxyl groups excluding tert-OH is 1.